The van der Waals surface area contributed by atoms with E-state index >= 15 is 0 Å². The van der Waals surface area contributed by atoms with E-state index in [0.717, 1.165) is 18.8 Å². The number of hydrogen-bond donors (Lipinski definition) is 1. The molecule has 2 aromatic rings. The maximum atomic E-state index is 4.63. The predicted molar refractivity (Wildman–Crippen MR) is 52.7 cm³/mol. The standard InChI is InChI=1S/C9H13N5O/c1-2-14-8(3-4-12-14)5-10-6-9-11-7-15-13-9/h3-4,7,10H,2,5-6H2,1H3. The van der Waals surface area contributed by atoms with Crippen LogP contribution < -0.4 is 5.32 Å². The highest BCUT2D eigenvalue weighted by molar-refractivity contribution is 5.00. The summed E-state index contributed by atoms with van der Waals surface area (Å²) >= 11 is 0. The van der Waals surface area contributed by atoms with Crippen molar-refractivity contribution in [1.82, 2.24) is 25.2 Å². The van der Waals surface area contributed by atoms with Crippen molar-refractivity contribution in [2.45, 2.75) is 26.6 Å². The lowest BCUT2D eigenvalue weighted by molar-refractivity contribution is 0.407. The quantitative estimate of drug-likeness (QED) is 0.776. The number of nitrogens with zero attached hydrogens (tertiary/aromatic N) is 4. The van der Waals surface area contributed by atoms with Crippen molar-refractivity contribution < 1.29 is 4.52 Å². The summed E-state index contributed by atoms with van der Waals surface area (Å²) in [4.78, 5) is 3.91. The summed E-state index contributed by atoms with van der Waals surface area (Å²) in [5, 5.41) is 11.1. The van der Waals surface area contributed by atoms with Gasteiger partial charge in [0.25, 0.3) is 0 Å². The molecule has 0 spiro atoms. The van der Waals surface area contributed by atoms with E-state index in [-0.39, 0.29) is 0 Å². The van der Waals surface area contributed by atoms with E-state index in [1.165, 1.54) is 6.39 Å². The van der Waals surface area contributed by atoms with Crippen molar-refractivity contribution in [3.63, 3.8) is 0 Å². The second kappa shape index (κ2) is 4.70. The van der Waals surface area contributed by atoms with Crippen LogP contribution in [0.25, 0.3) is 0 Å². The molecule has 0 amide bonds. The summed E-state index contributed by atoms with van der Waals surface area (Å²) in [7, 11) is 0. The minimum absolute atomic E-state index is 0.603. The highest BCUT2D eigenvalue weighted by atomic mass is 16.5. The van der Waals surface area contributed by atoms with Gasteiger partial charge in [-0.25, -0.2) is 0 Å². The van der Waals surface area contributed by atoms with E-state index in [0.29, 0.717) is 12.4 Å². The largest absolute Gasteiger partial charge is 0.343 e. The molecule has 0 atom stereocenters. The van der Waals surface area contributed by atoms with Gasteiger partial charge < -0.3 is 9.84 Å². The maximum absolute atomic E-state index is 4.63. The Hall–Kier alpha value is -1.69. The van der Waals surface area contributed by atoms with Gasteiger partial charge >= 0.3 is 0 Å². The van der Waals surface area contributed by atoms with E-state index < -0.39 is 0 Å². The van der Waals surface area contributed by atoms with Gasteiger partial charge in [0, 0.05) is 19.3 Å². The fourth-order valence-corrected chi connectivity index (χ4v) is 1.37. The molecule has 0 aliphatic heterocycles. The van der Waals surface area contributed by atoms with Crippen molar-refractivity contribution in [2.24, 2.45) is 0 Å². The van der Waals surface area contributed by atoms with E-state index in [2.05, 4.69) is 32.0 Å². The van der Waals surface area contributed by atoms with Gasteiger partial charge in [0.05, 0.1) is 12.2 Å². The van der Waals surface area contributed by atoms with Crippen LogP contribution >= 0.6 is 0 Å². The number of nitrogens with one attached hydrogen (secondary N) is 1. The minimum atomic E-state index is 0.603. The van der Waals surface area contributed by atoms with Gasteiger partial charge in [-0.2, -0.15) is 10.1 Å². The minimum Gasteiger partial charge on any atom is -0.343 e. The monoisotopic (exact) mass is 207 g/mol. The highest BCUT2D eigenvalue weighted by Gasteiger charge is 2.01. The lowest BCUT2D eigenvalue weighted by atomic mass is 10.4. The molecule has 0 saturated carbocycles. The molecule has 0 bridgehead atoms. The first-order valence-corrected chi connectivity index (χ1v) is 4.87. The molecule has 80 valence electrons. The predicted octanol–water partition coefficient (Wildman–Crippen LogP) is 0.576. The Morgan fingerprint density at radius 1 is 1.47 bits per heavy atom. The topological polar surface area (TPSA) is 68.8 Å². The zero-order valence-electron chi connectivity index (χ0n) is 8.55. The fourth-order valence-electron chi connectivity index (χ4n) is 1.37. The van der Waals surface area contributed by atoms with E-state index in [1.807, 2.05) is 10.7 Å². The third-order valence-corrected chi connectivity index (χ3v) is 2.10. The average molecular weight is 207 g/mol. The number of rotatable bonds is 5. The molecular formula is C9H13N5O. The molecule has 2 heterocycles. The molecule has 0 radical (unpaired) electrons. The molecule has 0 aromatic carbocycles. The SMILES string of the molecule is CCn1nccc1CNCc1ncon1. The van der Waals surface area contributed by atoms with Gasteiger partial charge in [-0.05, 0) is 13.0 Å². The third kappa shape index (κ3) is 2.41. The van der Waals surface area contributed by atoms with Crippen LogP contribution in [0.5, 0.6) is 0 Å². The first-order chi connectivity index (χ1) is 7.40. The third-order valence-electron chi connectivity index (χ3n) is 2.10. The molecule has 6 nitrogen and oxygen atoms in total. The summed E-state index contributed by atoms with van der Waals surface area (Å²) in [5.41, 5.74) is 1.15. The molecule has 1 N–H and O–H groups in total. The van der Waals surface area contributed by atoms with Crippen LogP contribution in [0.1, 0.15) is 18.4 Å². The molecule has 15 heavy (non-hydrogen) atoms. The number of hydrogen-bond acceptors (Lipinski definition) is 5. The van der Waals surface area contributed by atoms with Crippen molar-refractivity contribution in [3.05, 3.63) is 30.2 Å². The molecule has 0 unspecified atom stereocenters. The second-order valence-electron chi connectivity index (χ2n) is 3.09. The molecule has 2 aromatic heterocycles. The number of aromatic nitrogens is 4. The highest BCUT2D eigenvalue weighted by Crippen LogP contribution is 1.98. The molecule has 0 aliphatic carbocycles. The number of aryl methyl sites for hydroxylation is 1. The summed E-state index contributed by atoms with van der Waals surface area (Å²) in [6.07, 6.45) is 3.13. The molecule has 2 rings (SSSR count). The Bertz CT molecular complexity index is 394. The summed E-state index contributed by atoms with van der Waals surface area (Å²) < 4.78 is 6.58. The second-order valence-corrected chi connectivity index (χ2v) is 3.09. The zero-order chi connectivity index (χ0) is 10.5. The summed E-state index contributed by atoms with van der Waals surface area (Å²) in [6.45, 7) is 4.30. The first-order valence-electron chi connectivity index (χ1n) is 4.87. The Morgan fingerprint density at radius 2 is 2.40 bits per heavy atom. The molecule has 0 aliphatic rings. The van der Waals surface area contributed by atoms with Crippen LogP contribution in [-0.2, 0) is 19.6 Å². The average Bonchev–Trinajstić information content (AvgIpc) is 2.88. The van der Waals surface area contributed by atoms with E-state index in [1.54, 1.807) is 6.20 Å². The van der Waals surface area contributed by atoms with Crippen molar-refractivity contribution >= 4 is 0 Å². The molecule has 0 saturated heterocycles. The Labute approximate surface area is 87.3 Å². The molecule has 6 heteroatoms. The summed E-state index contributed by atoms with van der Waals surface area (Å²) in [5.74, 6) is 0.664. The van der Waals surface area contributed by atoms with Crippen LogP contribution in [0.2, 0.25) is 0 Å². The smallest absolute Gasteiger partial charge is 0.213 e. The van der Waals surface area contributed by atoms with Gasteiger partial charge in [0.15, 0.2) is 5.82 Å². The maximum Gasteiger partial charge on any atom is 0.213 e. The lowest BCUT2D eigenvalue weighted by Crippen LogP contribution is -2.16. The first kappa shape index (κ1) is 9.85. The zero-order valence-corrected chi connectivity index (χ0v) is 8.55. The normalized spacial score (nSPS) is 10.7. The Morgan fingerprint density at radius 3 is 3.13 bits per heavy atom. The lowest BCUT2D eigenvalue weighted by Gasteiger charge is -2.04. The Kier molecular flexibility index (Phi) is 3.08. The van der Waals surface area contributed by atoms with Crippen LogP contribution in [0.4, 0.5) is 0 Å². The molecular weight excluding hydrogens is 194 g/mol. The van der Waals surface area contributed by atoms with Crippen LogP contribution in [0, 0.1) is 0 Å². The fraction of sp³-hybridized carbons (Fsp3) is 0.444. The molecule has 0 fully saturated rings. The van der Waals surface area contributed by atoms with Gasteiger partial charge in [-0.15, -0.1) is 0 Å². The van der Waals surface area contributed by atoms with Crippen molar-refractivity contribution in [2.75, 3.05) is 0 Å². The van der Waals surface area contributed by atoms with Gasteiger partial charge in [-0.3, -0.25) is 4.68 Å². The van der Waals surface area contributed by atoms with E-state index in [4.69, 9.17) is 0 Å². The van der Waals surface area contributed by atoms with Crippen LogP contribution in [0.3, 0.4) is 0 Å². The van der Waals surface area contributed by atoms with Gasteiger partial charge in [0.1, 0.15) is 0 Å². The van der Waals surface area contributed by atoms with Crippen molar-refractivity contribution in [1.29, 1.82) is 0 Å². The summed E-state index contributed by atoms with van der Waals surface area (Å²) in [6, 6.07) is 1.99. The van der Waals surface area contributed by atoms with Crippen LogP contribution in [0.15, 0.2) is 23.2 Å². The van der Waals surface area contributed by atoms with E-state index in [9.17, 15) is 0 Å². The van der Waals surface area contributed by atoms with Crippen LogP contribution in [-0.4, -0.2) is 19.9 Å². The van der Waals surface area contributed by atoms with Gasteiger partial charge in [-0.1, -0.05) is 5.16 Å². The Balaban J connectivity index is 1.83. The van der Waals surface area contributed by atoms with Crippen molar-refractivity contribution in [3.8, 4) is 0 Å². The van der Waals surface area contributed by atoms with Gasteiger partial charge in [0.2, 0.25) is 6.39 Å².